The van der Waals surface area contributed by atoms with Gasteiger partial charge in [-0.2, -0.15) is 0 Å². The summed E-state index contributed by atoms with van der Waals surface area (Å²) in [6.07, 6.45) is 8.86. The van der Waals surface area contributed by atoms with Crippen molar-refractivity contribution in [1.29, 1.82) is 0 Å². The van der Waals surface area contributed by atoms with Crippen molar-refractivity contribution < 1.29 is 0 Å². The predicted octanol–water partition coefficient (Wildman–Crippen LogP) is 1.68. The van der Waals surface area contributed by atoms with Crippen molar-refractivity contribution in [2.75, 3.05) is 36.0 Å². The van der Waals surface area contributed by atoms with Crippen molar-refractivity contribution in [3.05, 3.63) is 36.3 Å². The zero-order valence-corrected chi connectivity index (χ0v) is 14.9. The summed E-state index contributed by atoms with van der Waals surface area (Å²) in [5.41, 5.74) is 2.04. The molecule has 3 aromatic rings. The summed E-state index contributed by atoms with van der Waals surface area (Å²) < 4.78 is 2.04. The van der Waals surface area contributed by atoms with Crippen LogP contribution < -0.4 is 9.80 Å². The fraction of sp³-hybridized carbons (Fsp3) is 0.500. The Kier molecular flexibility index (Phi) is 3.69. The lowest BCUT2D eigenvalue weighted by Gasteiger charge is -2.36. The summed E-state index contributed by atoms with van der Waals surface area (Å²) in [6.45, 7) is 5.71. The smallest absolute Gasteiger partial charge is 0.203 e. The summed E-state index contributed by atoms with van der Waals surface area (Å²) in [5, 5.41) is 8.64. The lowest BCUT2D eigenvalue weighted by Crippen LogP contribution is -2.47. The third-order valence-electron chi connectivity index (χ3n) is 5.27. The number of nitrogens with zero attached hydrogens (tertiary/aromatic N) is 8. The average Bonchev–Trinajstić information content (AvgIpc) is 3.47. The Hall–Kier alpha value is -2.77. The molecule has 1 aliphatic heterocycles. The van der Waals surface area contributed by atoms with Crippen LogP contribution >= 0.6 is 0 Å². The first-order valence-corrected chi connectivity index (χ1v) is 9.34. The number of hydrogen-bond acceptors (Lipinski definition) is 7. The van der Waals surface area contributed by atoms with Crippen molar-refractivity contribution in [3.8, 4) is 0 Å². The average molecular weight is 350 g/mol. The maximum absolute atomic E-state index is 4.58. The minimum Gasteiger partial charge on any atom is -0.353 e. The van der Waals surface area contributed by atoms with E-state index in [0.717, 1.165) is 55.7 Å². The Morgan fingerprint density at radius 1 is 1.00 bits per heavy atom. The molecule has 2 aliphatic rings. The molecule has 0 bridgehead atoms. The van der Waals surface area contributed by atoms with Gasteiger partial charge in [-0.05, 0) is 12.8 Å². The molecular weight excluding hydrogens is 328 g/mol. The van der Waals surface area contributed by atoms with E-state index >= 15 is 0 Å². The van der Waals surface area contributed by atoms with Crippen LogP contribution in [0.1, 0.15) is 37.2 Å². The lowest BCUT2D eigenvalue weighted by atomic mass is 10.2. The van der Waals surface area contributed by atoms with Gasteiger partial charge in [-0.15, -0.1) is 10.2 Å². The summed E-state index contributed by atoms with van der Waals surface area (Å²) in [4.78, 5) is 18.1. The summed E-state index contributed by atoms with van der Waals surface area (Å²) in [5.74, 6) is 3.58. The van der Waals surface area contributed by atoms with Gasteiger partial charge in [0.05, 0.1) is 0 Å². The maximum atomic E-state index is 4.58. The van der Waals surface area contributed by atoms with Crippen molar-refractivity contribution in [3.63, 3.8) is 0 Å². The molecule has 0 unspecified atom stereocenters. The van der Waals surface area contributed by atoms with Crippen molar-refractivity contribution in [1.82, 2.24) is 29.5 Å². The van der Waals surface area contributed by atoms with Gasteiger partial charge in [0.2, 0.25) is 5.65 Å². The Labute approximate surface area is 151 Å². The van der Waals surface area contributed by atoms with E-state index in [9.17, 15) is 0 Å². The largest absolute Gasteiger partial charge is 0.353 e. The van der Waals surface area contributed by atoms with Crippen molar-refractivity contribution in [2.45, 2.75) is 32.1 Å². The number of aryl methyl sites for hydroxylation is 1. The number of hydrogen-bond donors (Lipinski definition) is 0. The van der Waals surface area contributed by atoms with Crippen LogP contribution in [-0.4, -0.2) is 55.7 Å². The third-order valence-corrected chi connectivity index (χ3v) is 5.27. The number of piperazine rings is 1. The fourth-order valence-corrected chi connectivity index (χ4v) is 3.61. The summed E-state index contributed by atoms with van der Waals surface area (Å²) in [6, 6.07) is 2.17. The summed E-state index contributed by atoms with van der Waals surface area (Å²) in [7, 11) is 0. The van der Waals surface area contributed by atoms with Gasteiger partial charge in [-0.25, -0.2) is 15.0 Å². The lowest BCUT2D eigenvalue weighted by molar-refractivity contribution is 0.640. The first kappa shape index (κ1) is 15.5. The molecule has 0 atom stereocenters. The van der Waals surface area contributed by atoms with Crippen molar-refractivity contribution in [2.24, 2.45) is 0 Å². The normalized spacial score (nSPS) is 17.9. The van der Waals surface area contributed by atoms with Gasteiger partial charge in [0.15, 0.2) is 5.82 Å². The molecule has 1 saturated carbocycles. The van der Waals surface area contributed by atoms with E-state index in [1.54, 1.807) is 6.33 Å². The van der Waals surface area contributed by atoms with E-state index in [1.807, 2.05) is 16.8 Å². The van der Waals surface area contributed by atoms with Crippen LogP contribution in [0.5, 0.6) is 0 Å². The molecule has 8 heteroatoms. The van der Waals surface area contributed by atoms with Crippen LogP contribution in [-0.2, 0) is 6.42 Å². The van der Waals surface area contributed by atoms with Gasteiger partial charge in [-0.3, -0.25) is 4.40 Å². The molecule has 26 heavy (non-hydrogen) atoms. The van der Waals surface area contributed by atoms with Crippen LogP contribution in [0.3, 0.4) is 0 Å². The predicted molar refractivity (Wildman–Crippen MR) is 98.6 cm³/mol. The molecule has 0 spiro atoms. The molecule has 0 N–H and O–H groups in total. The van der Waals surface area contributed by atoms with E-state index in [-0.39, 0.29) is 0 Å². The van der Waals surface area contributed by atoms with Gasteiger partial charge in [0, 0.05) is 62.7 Å². The number of fused-ring (bicyclic) bond motifs is 1. The molecule has 2 fully saturated rings. The molecule has 134 valence electrons. The molecular formula is C18H22N8. The Morgan fingerprint density at radius 3 is 2.58 bits per heavy atom. The highest BCUT2D eigenvalue weighted by Gasteiger charge is 2.27. The van der Waals surface area contributed by atoms with Gasteiger partial charge >= 0.3 is 0 Å². The molecule has 4 heterocycles. The number of aromatic nitrogens is 6. The molecule has 8 nitrogen and oxygen atoms in total. The minimum atomic E-state index is 0.653. The van der Waals surface area contributed by atoms with E-state index in [2.05, 4.69) is 47.9 Å². The van der Waals surface area contributed by atoms with Crippen molar-refractivity contribution >= 4 is 17.3 Å². The van der Waals surface area contributed by atoms with Crippen LogP contribution in [0.25, 0.3) is 5.65 Å². The molecule has 1 saturated heterocycles. The quantitative estimate of drug-likeness (QED) is 0.708. The highest BCUT2D eigenvalue weighted by atomic mass is 15.3. The van der Waals surface area contributed by atoms with Crippen LogP contribution in [0.4, 0.5) is 11.6 Å². The maximum Gasteiger partial charge on any atom is 0.203 e. The van der Waals surface area contributed by atoms with E-state index in [0.29, 0.717) is 5.92 Å². The minimum absolute atomic E-state index is 0.653. The first-order chi connectivity index (χ1) is 12.8. The fourth-order valence-electron chi connectivity index (χ4n) is 3.61. The molecule has 1 aliphatic carbocycles. The van der Waals surface area contributed by atoms with Crippen LogP contribution in [0.15, 0.2) is 24.8 Å². The Morgan fingerprint density at radius 2 is 1.81 bits per heavy atom. The Balaban J connectivity index is 1.34. The molecule has 3 aromatic heterocycles. The van der Waals surface area contributed by atoms with E-state index in [4.69, 9.17) is 0 Å². The van der Waals surface area contributed by atoms with Gasteiger partial charge in [0.1, 0.15) is 18.0 Å². The SMILES string of the molecule is CCc1nnc2c(N3CCN(c4cc(C5CC5)ncn4)CC3)nccn12. The molecule has 0 radical (unpaired) electrons. The Bertz CT molecular complexity index is 924. The molecule has 5 rings (SSSR count). The monoisotopic (exact) mass is 350 g/mol. The highest BCUT2D eigenvalue weighted by Crippen LogP contribution is 2.39. The highest BCUT2D eigenvalue weighted by molar-refractivity contribution is 5.64. The summed E-state index contributed by atoms with van der Waals surface area (Å²) >= 11 is 0. The third kappa shape index (κ3) is 2.65. The zero-order chi connectivity index (χ0) is 17.5. The van der Waals surface area contributed by atoms with Gasteiger partial charge in [-0.1, -0.05) is 6.92 Å². The molecule has 0 amide bonds. The zero-order valence-electron chi connectivity index (χ0n) is 14.9. The second-order valence-electron chi connectivity index (χ2n) is 6.96. The van der Waals surface area contributed by atoms with Crippen LogP contribution in [0, 0.1) is 0 Å². The topological polar surface area (TPSA) is 75.3 Å². The van der Waals surface area contributed by atoms with Gasteiger partial charge in [0.25, 0.3) is 0 Å². The molecule has 0 aromatic carbocycles. The van der Waals surface area contributed by atoms with Gasteiger partial charge < -0.3 is 9.80 Å². The first-order valence-electron chi connectivity index (χ1n) is 9.34. The standard InChI is InChI=1S/C18H22N8/c1-2-15-22-23-18-17(19-5-6-26(15)18)25-9-7-24(8-10-25)16-11-14(13-3-4-13)20-12-21-16/h5-6,11-13H,2-4,7-10H2,1H3. The van der Waals surface area contributed by atoms with E-state index in [1.165, 1.54) is 18.5 Å². The number of rotatable bonds is 4. The second kappa shape index (κ2) is 6.19. The second-order valence-corrected chi connectivity index (χ2v) is 6.96. The van der Waals surface area contributed by atoms with E-state index < -0.39 is 0 Å². The number of anilines is 2. The van der Waals surface area contributed by atoms with Crippen LogP contribution in [0.2, 0.25) is 0 Å².